The van der Waals surface area contributed by atoms with Gasteiger partial charge in [-0.15, -0.1) is 0 Å². The molecule has 0 aliphatic carbocycles. The Morgan fingerprint density at radius 2 is 1.84 bits per heavy atom. The standard InChI is InChI=1S/C20H21N3O2/c24-18-8-11-23(12-9-18)17-4-1-14(2-5-17)20(25)22-16-3-6-19-15(13-16)7-10-21-19/h1-7,10,13,18,21,24H,8-9,11-12H2,(H,22,25). The van der Waals surface area contributed by atoms with E-state index in [1.165, 1.54) is 0 Å². The zero-order valence-corrected chi connectivity index (χ0v) is 13.9. The monoisotopic (exact) mass is 335 g/mol. The molecular formula is C20H21N3O2. The van der Waals surface area contributed by atoms with Crippen LogP contribution < -0.4 is 10.2 Å². The number of carbonyl (C=O) groups excluding carboxylic acids is 1. The minimum Gasteiger partial charge on any atom is -0.393 e. The summed E-state index contributed by atoms with van der Waals surface area (Å²) >= 11 is 0. The minimum atomic E-state index is -0.182. The van der Waals surface area contributed by atoms with E-state index in [1.807, 2.05) is 54.7 Å². The van der Waals surface area contributed by atoms with Crippen LogP contribution in [0.25, 0.3) is 10.9 Å². The van der Waals surface area contributed by atoms with Crippen LogP contribution in [0.2, 0.25) is 0 Å². The van der Waals surface area contributed by atoms with Gasteiger partial charge < -0.3 is 20.3 Å². The smallest absolute Gasteiger partial charge is 0.255 e. The fourth-order valence-corrected chi connectivity index (χ4v) is 3.28. The van der Waals surface area contributed by atoms with Crippen molar-refractivity contribution in [3.8, 4) is 0 Å². The molecule has 0 saturated carbocycles. The first-order valence-electron chi connectivity index (χ1n) is 8.60. The summed E-state index contributed by atoms with van der Waals surface area (Å²) in [4.78, 5) is 17.8. The maximum absolute atomic E-state index is 12.5. The molecule has 2 heterocycles. The number of hydrogen-bond acceptors (Lipinski definition) is 3. The molecule has 5 nitrogen and oxygen atoms in total. The number of benzene rings is 2. The van der Waals surface area contributed by atoms with Gasteiger partial charge in [-0.1, -0.05) is 0 Å². The van der Waals surface area contributed by atoms with E-state index in [9.17, 15) is 9.90 Å². The van der Waals surface area contributed by atoms with Crippen molar-refractivity contribution < 1.29 is 9.90 Å². The molecule has 128 valence electrons. The maximum atomic E-state index is 12.5. The Balaban J connectivity index is 1.44. The van der Waals surface area contributed by atoms with Crippen molar-refractivity contribution in [3.05, 3.63) is 60.3 Å². The fraction of sp³-hybridized carbons (Fsp3) is 0.250. The van der Waals surface area contributed by atoms with E-state index in [0.29, 0.717) is 5.56 Å². The number of carbonyl (C=O) groups is 1. The highest BCUT2D eigenvalue weighted by atomic mass is 16.3. The summed E-state index contributed by atoms with van der Waals surface area (Å²) < 4.78 is 0. The Morgan fingerprint density at radius 3 is 2.60 bits per heavy atom. The molecule has 0 atom stereocenters. The zero-order valence-electron chi connectivity index (χ0n) is 13.9. The Labute approximate surface area is 146 Å². The molecule has 2 aromatic carbocycles. The van der Waals surface area contributed by atoms with Crippen LogP contribution in [0, 0.1) is 0 Å². The third kappa shape index (κ3) is 3.37. The summed E-state index contributed by atoms with van der Waals surface area (Å²) in [5.41, 5.74) is 3.56. The number of nitrogens with zero attached hydrogens (tertiary/aromatic N) is 1. The second-order valence-electron chi connectivity index (χ2n) is 6.50. The van der Waals surface area contributed by atoms with Crippen LogP contribution in [0.15, 0.2) is 54.7 Å². The lowest BCUT2D eigenvalue weighted by atomic mass is 10.1. The number of aliphatic hydroxyl groups is 1. The van der Waals surface area contributed by atoms with Crippen LogP contribution in [0.1, 0.15) is 23.2 Å². The number of nitrogens with one attached hydrogen (secondary N) is 2. The lowest BCUT2D eigenvalue weighted by molar-refractivity contribution is 0.102. The molecule has 0 bridgehead atoms. The summed E-state index contributed by atoms with van der Waals surface area (Å²) in [6.07, 6.45) is 3.29. The van der Waals surface area contributed by atoms with Crippen LogP contribution in [0.3, 0.4) is 0 Å². The molecule has 0 unspecified atom stereocenters. The van der Waals surface area contributed by atoms with Gasteiger partial charge in [0.2, 0.25) is 0 Å². The second kappa shape index (κ2) is 6.61. The van der Waals surface area contributed by atoms with Crippen molar-refractivity contribution in [2.75, 3.05) is 23.3 Å². The van der Waals surface area contributed by atoms with E-state index in [1.54, 1.807) is 0 Å². The largest absolute Gasteiger partial charge is 0.393 e. The summed E-state index contributed by atoms with van der Waals surface area (Å²) in [5, 5.41) is 13.6. The number of aliphatic hydroxyl groups excluding tert-OH is 1. The van der Waals surface area contributed by atoms with Crippen LogP contribution >= 0.6 is 0 Å². The summed E-state index contributed by atoms with van der Waals surface area (Å²) in [6, 6.07) is 15.4. The van der Waals surface area contributed by atoms with Gasteiger partial charge in [-0.3, -0.25) is 4.79 Å². The van der Waals surface area contributed by atoms with Crippen LogP contribution in [-0.2, 0) is 0 Å². The molecule has 0 spiro atoms. The van der Waals surface area contributed by atoms with Gasteiger partial charge in [0.1, 0.15) is 0 Å². The number of aromatic nitrogens is 1. The summed E-state index contributed by atoms with van der Waals surface area (Å²) in [5.74, 6) is -0.115. The number of hydrogen-bond donors (Lipinski definition) is 3. The first kappa shape index (κ1) is 15.7. The predicted octanol–water partition coefficient (Wildman–Crippen LogP) is 3.38. The topological polar surface area (TPSA) is 68.4 Å². The van der Waals surface area contributed by atoms with Gasteiger partial charge in [-0.05, 0) is 61.4 Å². The molecule has 3 aromatic rings. The molecule has 25 heavy (non-hydrogen) atoms. The Morgan fingerprint density at radius 1 is 1.08 bits per heavy atom. The third-order valence-electron chi connectivity index (χ3n) is 4.77. The number of fused-ring (bicyclic) bond motifs is 1. The fourth-order valence-electron chi connectivity index (χ4n) is 3.28. The second-order valence-corrected chi connectivity index (χ2v) is 6.50. The van der Waals surface area contributed by atoms with Gasteiger partial charge in [0, 0.05) is 47.1 Å². The van der Waals surface area contributed by atoms with Crippen molar-refractivity contribution in [2.24, 2.45) is 0 Å². The third-order valence-corrected chi connectivity index (χ3v) is 4.77. The Kier molecular flexibility index (Phi) is 4.15. The quantitative estimate of drug-likeness (QED) is 0.687. The average Bonchev–Trinajstić information content (AvgIpc) is 3.10. The average molecular weight is 335 g/mol. The molecule has 0 radical (unpaired) electrons. The molecule has 5 heteroatoms. The number of aromatic amines is 1. The van der Waals surface area contributed by atoms with E-state index in [-0.39, 0.29) is 12.0 Å². The Bertz CT molecular complexity index is 877. The molecular weight excluding hydrogens is 314 g/mol. The lowest BCUT2D eigenvalue weighted by Gasteiger charge is -2.31. The van der Waals surface area contributed by atoms with Gasteiger partial charge in [-0.2, -0.15) is 0 Å². The van der Waals surface area contributed by atoms with Gasteiger partial charge in [-0.25, -0.2) is 0 Å². The minimum absolute atomic E-state index is 0.115. The van der Waals surface area contributed by atoms with Gasteiger partial charge >= 0.3 is 0 Å². The van der Waals surface area contributed by atoms with Crippen molar-refractivity contribution in [1.29, 1.82) is 0 Å². The predicted molar refractivity (Wildman–Crippen MR) is 100 cm³/mol. The van der Waals surface area contributed by atoms with E-state index in [4.69, 9.17) is 0 Å². The molecule has 3 N–H and O–H groups in total. The van der Waals surface area contributed by atoms with Crippen LogP contribution in [-0.4, -0.2) is 35.2 Å². The van der Waals surface area contributed by atoms with Crippen LogP contribution in [0.4, 0.5) is 11.4 Å². The molecule has 1 amide bonds. The van der Waals surface area contributed by atoms with E-state index in [0.717, 1.165) is 48.2 Å². The first-order chi connectivity index (χ1) is 12.2. The van der Waals surface area contributed by atoms with Crippen molar-refractivity contribution in [1.82, 2.24) is 4.98 Å². The van der Waals surface area contributed by atoms with Crippen molar-refractivity contribution in [3.63, 3.8) is 0 Å². The van der Waals surface area contributed by atoms with E-state index >= 15 is 0 Å². The zero-order chi connectivity index (χ0) is 17.2. The molecule has 1 aliphatic heterocycles. The van der Waals surface area contributed by atoms with E-state index < -0.39 is 0 Å². The number of piperidine rings is 1. The molecule has 1 aliphatic rings. The Hall–Kier alpha value is -2.79. The molecule has 1 saturated heterocycles. The van der Waals surface area contributed by atoms with E-state index in [2.05, 4.69) is 15.2 Å². The highest BCUT2D eigenvalue weighted by molar-refractivity contribution is 6.05. The summed E-state index contributed by atoms with van der Waals surface area (Å²) in [7, 11) is 0. The number of H-pyrrole nitrogens is 1. The highest BCUT2D eigenvalue weighted by Crippen LogP contribution is 2.22. The molecule has 1 aromatic heterocycles. The highest BCUT2D eigenvalue weighted by Gasteiger charge is 2.17. The van der Waals surface area contributed by atoms with Gasteiger partial charge in [0.05, 0.1) is 6.10 Å². The number of anilines is 2. The maximum Gasteiger partial charge on any atom is 0.255 e. The van der Waals surface area contributed by atoms with Crippen molar-refractivity contribution in [2.45, 2.75) is 18.9 Å². The van der Waals surface area contributed by atoms with Gasteiger partial charge in [0.25, 0.3) is 5.91 Å². The van der Waals surface area contributed by atoms with Crippen molar-refractivity contribution >= 4 is 28.2 Å². The normalized spacial score (nSPS) is 15.5. The lowest BCUT2D eigenvalue weighted by Crippen LogP contribution is -2.35. The van der Waals surface area contributed by atoms with Crippen LogP contribution in [0.5, 0.6) is 0 Å². The molecule has 1 fully saturated rings. The molecule has 4 rings (SSSR count). The first-order valence-corrected chi connectivity index (χ1v) is 8.60. The SMILES string of the molecule is O=C(Nc1ccc2[nH]ccc2c1)c1ccc(N2CCC(O)CC2)cc1. The number of amides is 1. The van der Waals surface area contributed by atoms with Gasteiger partial charge in [0.15, 0.2) is 0 Å². The summed E-state index contributed by atoms with van der Waals surface area (Å²) in [6.45, 7) is 1.70. The number of rotatable bonds is 3.